The smallest absolute Gasteiger partial charge is 0.242 e. The van der Waals surface area contributed by atoms with Gasteiger partial charge in [-0.3, -0.25) is 9.59 Å². The summed E-state index contributed by atoms with van der Waals surface area (Å²) in [6, 6.07) is 22.2. The van der Waals surface area contributed by atoms with Gasteiger partial charge in [0.1, 0.15) is 5.75 Å². The van der Waals surface area contributed by atoms with Crippen LogP contribution in [0, 0.1) is 0 Å². The van der Waals surface area contributed by atoms with Crippen LogP contribution in [0.15, 0.2) is 72.9 Å². The molecule has 0 fully saturated rings. The van der Waals surface area contributed by atoms with Crippen molar-refractivity contribution in [3.8, 4) is 5.75 Å². The Labute approximate surface area is 221 Å². The molecule has 6 heteroatoms. The maximum absolute atomic E-state index is 13.6. The summed E-state index contributed by atoms with van der Waals surface area (Å²) in [4.78, 5) is 30.3. The van der Waals surface area contributed by atoms with Gasteiger partial charge < -0.3 is 19.1 Å². The Morgan fingerprint density at radius 3 is 2.41 bits per heavy atom. The van der Waals surface area contributed by atoms with Crippen molar-refractivity contribution in [1.82, 2.24) is 14.4 Å². The fraction of sp³-hybridized carbons (Fsp3) is 0.419. The molecule has 0 aliphatic carbocycles. The van der Waals surface area contributed by atoms with Crippen LogP contribution in [0.4, 0.5) is 0 Å². The summed E-state index contributed by atoms with van der Waals surface area (Å²) in [5.74, 6) is 0.852. The molecule has 0 radical (unpaired) electrons. The molecule has 1 atom stereocenters. The van der Waals surface area contributed by atoms with Crippen molar-refractivity contribution < 1.29 is 14.3 Å². The van der Waals surface area contributed by atoms with E-state index in [0.717, 1.165) is 35.4 Å². The van der Waals surface area contributed by atoms with Crippen LogP contribution < -0.4 is 4.74 Å². The monoisotopic (exact) mass is 503 g/mol. The molecule has 0 saturated heterocycles. The number of carbonyl (C=O) groups is 2. The Hall–Kier alpha value is -3.54. The van der Waals surface area contributed by atoms with Crippen LogP contribution in [0.1, 0.15) is 56.9 Å². The summed E-state index contributed by atoms with van der Waals surface area (Å²) >= 11 is 0. The van der Waals surface area contributed by atoms with Crippen LogP contribution >= 0.6 is 0 Å². The molecule has 198 valence electrons. The number of carbonyl (C=O) groups excluding carboxylic acids is 2. The molecular formula is C31H41N3O3. The second-order valence-electron chi connectivity index (χ2n) is 9.56. The van der Waals surface area contributed by atoms with Crippen molar-refractivity contribution in [3.63, 3.8) is 0 Å². The number of methoxy groups -OCH3 is 1. The number of aromatic nitrogens is 1. The third-order valence-corrected chi connectivity index (χ3v) is 6.83. The van der Waals surface area contributed by atoms with Crippen molar-refractivity contribution in [2.24, 2.45) is 0 Å². The molecule has 3 aromatic rings. The van der Waals surface area contributed by atoms with Gasteiger partial charge in [-0.2, -0.15) is 0 Å². The van der Waals surface area contributed by atoms with E-state index in [-0.39, 0.29) is 24.4 Å². The van der Waals surface area contributed by atoms with Gasteiger partial charge in [0, 0.05) is 37.4 Å². The molecule has 0 aliphatic heterocycles. The highest BCUT2D eigenvalue weighted by Crippen LogP contribution is 2.18. The average molecular weight is 504 g/mol. The average Bonchev–Trinajstić information content (AvgIpc) is 3.36. The maximum atomic E-state index is 13.6. The van der Waals surface area contributed by atoms with Crippen molar-refractivity contribution in [2.45, 2.75) is 65.6 Å². The normalized spacial score (nSPS) is 11.7. The number of ether oxygens (including phenoxy) is 1. The zero-order valence-corrected chi connectivity index (χ0v) is 22.7. The minimum atomic E-state index is -0.00927. The highest BCUT2D eigenvalue weighted by molar-refractivity contribution is 5.85. The van der Waals surface area contributed by atoms with Crippen LogP contribution in [-0.2, 0) is 29.1 Å². The SMILES string of the molecule is CCCN(CC(=O)N(Cc1cccn1Cc1cccc(OC)c1)C(C)CC)C(=O)CCc1ccccc1. The van der Waals surface area contributed by atoms with Gasteiger partial charge >= 0.3 is 0 Å². The van der Waals surface area contributed by atoms with Gasteiger partial charge in [0.25, 0.3) is 0 Å². The van der Waals surface area contributed by atoms with Crippen LogP contribution in [0.25, 0.3) is 0 Å². The fourth-order valence-electron chi connectivity index (χ4n) is 4.47. The predicted molar refractivity (Wildman–Crippen MR) is 148 cm³/mol. The van der Waals surface area contributed by atoms with Gasteiger partial charge in [0.15, 0.2) is 0 Å². The highest BCUT2D eigenvalue weighted by atomic mass is 16.5. The molecule has 0 bridgehead atoms. The summed E-state index contributed by atoms with van der Waals surface area (Å²) in [6.45, 7) is 8.11. The molecule has 0 saturated carbocycles. The molecule has 1 aromatic heterocycles. The van der Waals surface area contributed by atoms with E-state index in [9.17, 15) is 9.59 Å². The van der Waals surface area contributed by atoms with Crippen LogP contribution in [-0.4, -0.2) is 52.4 Å². The molecule has 1 heterocycles. The summed E-state index contributed by atoms with van der Waals surface area (Å²) in [5, 5.41) is 0. The van der Waals surface area contributed by atoms with Gasteiger partial charge in [0.05, 0.1) is 20.2 Å². The van der Waals surface area contributed by atoms with E-state index in [1.165, 1.54) is 0 Å². The number of nitrogens with zero attached hydrogens (tertiary/aromatic N) is 3. The Bertz CT molecular complexity index is 1130. The van der Waals surface area contributed by atoms with Crippen molar-refractivity contribution >= 4 is 11.8 Å². The second kappa shape index (κ2) is 14.3. The first-order valence-electron chi connectivity index (χ1n) is 13.3. The maximum Gasteiger partial charge on any atom is 0.242 e. The quantitative estimate of drug-likeness (QED) is 0.290. The molecule has 0 N–H and O–H groups in total. The summed E-state index contributed by atoms with van der Waals surface area (Å²) in [7, 11) is 1.67. The van der Waals surface area contributed by atoms with Crippen molar-refractivity contribution in [1.29, 1.82) is 0 Å². The number of hydrogen-bond acceptors (Lipinski definition) is 3. The lowest BCUT2D eigenvalue weighted by Crippen LogP contribution is -2.46. The zero-order valence-electron chi connectivity index (χ0n) is 22.7. The molecule has 0 spiro atoms. The third kappa shape index (κ3) is 8.24. The van der Waals surface area contributed by atoms with Crippen LogP contribution in [0.2, 0.25) is 0 Å². The van der Waals surface area contributed by atoms with E-state index in [0.29, 0.717) is 32.5 Å². The van der Waals surface area contributed by atoms with Crippen molar-refractivity contribution in [3.05, 3.63) is 89.7 Å². The predicted octanol–water partition coefficient (Wildman–Crippen LogP) is 5.54. The summed E-state index contributed by atoms with van der Waals surface area (Å²) in [6.07, 6.45) is 4.80. The second-order valence-corrected chi connectivity index (χ2v) is 9.56. The van der Waals surface area contributed by atoms with Crippen molar-refractivity contribution in [2.75, 3.05) is 20.2 Å². The lowest BCUT2D eigenvalue weighted by atomic mass is 10.1. The minimum Gasteiger partial charge on any atom is -0.497 e. The highest BCUT2D eigenvalue weighted by Gasteiger charge is 2.24. The lowest BCUT2D eigenvalue weighted by Gasteiger charge is -2.32. The number of aryl methyl sites for hydroxylation is 1. The van der Waals surface area contributed by atoms with Gasteiger partial charge in [-0.1, -0.05) is 56.3 Å². The molecule has 37 heavy (non-hydrogen) atoms. The Balaban J connectivity index is 1.70. The number of rotatable bonds is 14. The third-order valence-electron chi connectivity index (χ3n) is 6.83. The topological polar surface area (TPSA) is 54.8 Å². The number of hydrogen-bond donors (Lipinski definition) is 0. The lowest BCUT2D eigenvalue weighted by molar-refractivity contribution is -0.142. The molecule has 6 nitrogen and oxygen atoms in total. The van der Waals surface area contributed by atoms with E-state index >= 15 is 0 Å². The molecule has 1 unspecified atom stereocenters. The Kier molecular flexibility index (Phi) is 10.8. The minimum absolute atomic E-state index is 0.00927. The van der Waals surface area contributed by atoms with Gasteiger partial charge in [0.2, 0.25) is 11.8 Å². The van der Waals surface area contributed by atoms with Gasteiger partial charge in [-0.15, -0.1) is 0 Å². The molecule has 2 aromatic carbocycles. The molecule has 2 amide bonds. The Morgan fingerprint density at radius 1 is 0.946 bits per heavy atom. The largest absolute Gasteiger partial charge is 0.497 e. The fourth-order valence-corrected chi connectivity index (χ4v) is 4.47. The zero-order chi connectivity index (χ0) is 26.6. The standard InChI is InChI=1S/C31H41N3O3/c1-5-19-33(30(35)18-17-26-12-8-7-9-13-26)24-31(36)34(25(3)6-2)23-28-15-11-20-32(28)22-27-14-10-16-29(21-27)37-4/h7-16,20-21,25H,5-6,17-19,22-24H2,1-4H3. The molecular weight excluding hydrogens is 462 g/mol. The molecule has 3 rings (SSSR count). The van der Waals surface area contributed by atoms with E-state index in [1.54, 1.807) is 12.0 Å². The first-order chi connectivity index (χ1) is 17.9. The Morgan fingerprint density at radius 2 is 1.70 bits per heavy atom. The first kappa shape index (κ1) is 28.0. The summed E-state index contributed by atoms with van der Waals surface area (Å²) in [5.41, 5.74) is 3.34. The number of benzene rings is 2. The summed E-state index contributed by atoms with van der Waals surface area (Å²) < 4.78 is 7.54. The van der Waals surface area contributed by atoms with E-state index in [4.69, 9.17) is 4.74 Å². The van der Waals surface area contributed by atoms with Gasteiger partial charge in [-0.25, -0.2) is 0 Å². The van der Waals surface area contributed by atoms with Gasteiger partial charge in [-0.05, 0) is 61.6 Å². The first-order valence-corrected chi connectivity index (χ1v) is 13.3. The van der Waals surface area contributed by atoms with Crippen LogP contribution in [0.3, 0.4) is 0 Å². The molecule has 0 aliphatic rings. The number of amides is 2. The van der Waals surface area contributed by atoms with E-state index in [1.807, 2.05) is 72.6 Å². The van der Waals surface area contributed by atoms with Crippen LogP contribution in [0.5, 0.6) is 5.75 Å². The van der Waals surface area contributed by atoms with E-state index in [2.05, 4.69) is 30.5 Å². The van der Waals surface area contributed by atoms with E-state index < -0.39 is 0 Å².